The quantitative estimate of drug-likeness (QED) is 0.478. The van der Waals surface area contributed by atoms with Crippen molar-refractivity contribution in [2.24, 2.45) is 5.92 Å². The molecule has 35 heavy (non-hydrogen) atoms. The van der Waals surface area contributed by atoms with Gasteiger partial charge in [-0.1, -0.05) is 48.5 Å². The second-order valence-corrected chi connectivity index (χ2v) is 9.64. The van der Waals surface area contributed by atoms with Crippen LogP contribution in [-0.4, -0.2) is 54.5 Å². The van der Waals surface area contributed by atoms with Gasteiger partial charge in [-0.05, 0) is 54.9 Å². The molecule has 4 rings (SSSR count). The minimum absolute atomic E-state index is 0.0931. The van der Waals surface area contributed by atoms with Crippen LogP contribution in [0, 0.1) is 5.92 Å². The summed E-state index contributed by atoms with van der Waals surface area (Å²) in [7, 11) is 1.45. The Morgan fingerprint density at radius 2 is 1.63 bits per heavy atom. The number of fused-ring (bicyclic) bond motifs is 3. The van der Waals surface area contributed by atoms with E-state index in [9.17, 15) is 19.5 Å². The lowest BCUT2D eigenvalue weighted by Gasteiger charge is -2.33. The number of carboxylic acids is 1. The van der Waals surface area contributed by atoms with E-state index in [-0.39, 0.29) is 24.9 Å². The third kappa shape index (κ3) is 5.32. The van der Waals surface area contributed by atoms with Crippen molar-refractivity contribution < 1.29 is 29.0 Å². The number of carbonyl (C=O) groups is 3. The number of aliphatic carboxylic acids is 1. The van der Waals surface area contributed by atoms with Crippen LogP contribution in [0.2, 0.25) is 0 Å². The van der Waals surface area contributed by atoms with Gasteiger partial charge in [0.15, 0.2) is 0 Å². The number of rotatable bonds is 10. The number of nitrogens with one attached hydrogen (secondary N) is 2. The van der Waals surface area contributed by atoms with Crippen LogP contribution in [0.5, 0.6) is 0 Å². The van der Waals surface area contributed by atoms with Gasteiger partial charge in [0.25, 0.3) is 0 Å². The summed E-state index contributed by atoms with van der Waals surface area (Å²) in [5.41, 5.74) is 3.54. The Labute approximate surface area is 205 Å². The summed E-state index contributed by atoms with van der Waals surface area (Å²) in [6.45, 7) is 3.52. The predicted molar refractivity (Wildman–Crippen MR) is 130 cm³/mol. The van der Waals surface area contributed by atoms with Crippen LogP contribution in [-0.2, 0) is 19.1 Å². The topological polar surface area (TPSA) is 114 Å². The van der Waals surface area contributed by atoms with Gasteiger partial charge in [-0.25, -0.2) is 4.79 Å². The molecule has 1 saturated carbocycles. The third-order valence-corrected chi connectivity index (χ3v) is 7.15. The molecule has 1 fully saturated rings. The molecular weight excluding hydrogens is 448 g/mol. The van der Waals surface area contributed by atoms with Crippen molar-refractivity contribution >= 4 is 18.0 Å². The lowest BCUT2D eigenvalue weighted by Crippen LogP contribution is -2.59. The van der Waals surface area contributed by atoms with Crippen molar-refractivity contribution in [3.63, 3.8) is 0 Å². The van der Waals surface area contributed by atoms with E-state index in [2.05, 4.69) is 22.8 Å². The van der Waals surface area contributed by atoms with Crippen LogP contribution in [0.4, 0.5) is 4.79 Å². The summed E-state index contributed by atoms with van der Waals surface area (Å²) < 4.78 is 10.9. The molecule has 0 saturated heterocycles. The van der Waals surface area contributed by atoms with E-state index < -0.39 is 35.7 Å². The molecule has 0 aromatic heterocycles. The fraction of sp³-hybridized carbons (Fsp3) is 0.444. The molecule has 2 aromatic rings. The molecule has 3 N–H and O–H groups in total. The normalized spacial score (nSPS) is 17.9. The van der Waals surface area contributed by atoms with Gasteiger partial charge in [-0.15, -0.1) is 0 Å². The Bertz CT molecular complexity index is 1070. The van der Waals surface area contributed by atoms with Crippen LogP contribution in [0.3, 0.4) is 0 Å². The molecule has 2 amide bonds. The van der Waals surface area contributed by atoms with E-state index in [1.807, 2.05) is 36.4 Å². The molecule has 2 aliphatic rings. The molecular formula is C27H32N2O6. The van der Waals surface area contributed by atoms with E-state index in [0.717, 1.165) is 35.1 Å². The highest BCUT2D eigenvalue weighted by atomic mass is 16.5. The molecule has 2 aromatic carbocycles. The van der Waals surface area contributed by atoms with Crippen molar-refractivity contribution in [1.29, 1.82) is 0 Å². The zero-order valence-corrected chi connectivity index (χ0v) is 20.2. The van der Waals surface area contributed by atoms with Crippen LogP contribution in [0.1, 0.15) is 50.2 Å². The molecule has 0 bridgehead atoms. The Hall–Kier alpha value is -3.39. The number of benzene rings is 2. The molecule has 0 radical (unpaired) electrons. The molecule has 8 heteroatoms. The lowest BCUT2D eigenvalue weighted by molar-refractivity contribution is -0.139. The summed E-state index contributed by atoms with van der Waals surface area (Å²) >= 11 is 0. The number of carboxylic acid groups (broad SMARTS) is 1. The summed E-state index contributed by atoms with van der Waals surface area (Å²) in [5, 5.41) is 14.8. The monoisotopic (exact) mass is 480 g/mol. The molecule has 3 unspecified atom stereocenters. The number of hydrogen-bond acceptors (Lipinski definition) is 5. The molecule has 186 valence electrons. The molecule has 2 aliphatic carbocycles. The largest absolute Gasteiger partial charge is 0.481 e. The van der Waals surface area contributed by atoms with Gasteiger partial charge in [0.05, 0.1) is 18.1 Å². The zero-order valence-electron chi connectivity index (χ0n) is 20.2. The van der Waals surface area contributed by atoms with Crippen LogP contribution >= 0.6 is 0 Å². The standard InChI is InChI=1S/C27H32N2O6/c1-16(34-3)24(25(32)29-27(2,14-23(30)31)17-12-13-17)28-26(33)35-15-22-20-10-6-4-8-18(20)19-9-5-7-11-21(19)22/h4-11,16-17,22,24H,12-15H2,1-3H3,(H,28,33)(H,29,32)(H,30,31). The smallest absolute Gasteiger partial charge is 0.407 e. The van der Waals surface area contributed by atoms with E-state index in [4.69, 9.17) is 9.47 Å². The maximum atomic E-state index is 13.1. The minimum Gasteiger partial charge on any atom is -0.481 e. The van der Waals surface area contributed by atoms with Crippen molar-refractivity contribution in [3.05, 3.63) is 59.7 Å². The van der Waals surface area contributed by atoms with Gasteiger partial charge in [-0.3, -0.25) is 9.59 Å². The second-order valence-electron chi connectivity index (χ2n) is 9.64. The summed E-state index contributed by atoms with van der Waals surface area (Å²) in [5.74, 6) is -1.49. The van der Waals surface area contributed by atoms with E-state index >= 15 is 0 Å². The van der Waals surface area contributed by atoms with Gasteiger partial charge in [0.2, 0.25) is 5.91 Å². The highest BCUT2D eigenvalue weighted by Gasteiger charge is 2.45. The number of amides is 2. The Balaban J connectivity index is 1.43. The number of methoxy groups -OCH3 is 1. The Kier molecular flexibility index (Phi) is 7.12. The van der Waals surface area contributed by atoms with E-state index in [1.54, 1.807) is 13.8 Å². The molecule has 3 atom stereocenters. The van der Waals surface area contributed by atoms with Crippen molar-refractivity contribution in [2.45, 2.75) is 56.7 Å². The van der Waals surface area contributed by atoms with Gasteiger partial charge in [0.1, 0.15) is 12.6 Å². The number of alkyl carbamates (subject to hydrolysis) is 1. The average Bonchev–Trinajstić information content (AvgIpc) is 3.64. The number of carbonyl (C=O) groups excluding carboxylic acids is 2. The van der Waals surface area contributed by atoms with Crippen LogP contribution < -0.4 is 10.6 Å². The summed E-state index contributed by atoms with van der Waals surface area (Å²) in [6, 6.07) is 15.0. The first-order valence-electron chi connectivity index (χ1n) is 11.9. The Morgan fingerprint density at radius 3 is 2.14 bits per heavy atom. The van der Waals surface area contributed by atoms with E-state index in [0.29, 0.717) is 0 Å². The van der Waals surface area contributed by atoms with Crippen molar-refractivity contribution in [3.8, 4) is 11.1 Å². The highest BCUT2D eigenvalue weighted by molar-refractivity contribution is 5.87. The zero-order chi connectivity index (χ0) is 25.2. The van der Waals surface area contributed by atoms with Gasteiger partial charge in [0, 0.05) is 13.0 Å². The van der Waals surface area contributed by atoms with Crippen LogP contribution in [0.15, 0.2) is 48.5 Å². The maximum absolute atomic E-state index is 13.1. The first kappa shape index (κ1) is 24.7. The fourth-order valence-electron chi connectivity index (χ4n) is 4.98. The molecule has 0 heterocycles. The molecule has 0 spiro atoms. The van der Waals surface area contributed by atoms with Crippen LogP contribution in [0.25, 0.3) is 11.1 Å². The van der Waals surface area contributed by atoms with Gasteiger partial charge < -0.3 is 25.2 Å². The second kappa shape index (κ2) is 10.1. The first-order chi connectivity index (χ1) is 16.7. The number of ether oxygens (including phenoxy) is 2. The predicted octanol–water partition coefficient (Wildman–Crippen LogP) is 3.69. The first-order valence-corrected chi connectivity index (χ1v) is 11.9. The summed E-state index contributed by atoms with van der Waals surface area (Å²) in [6.07, 6.45) is 0.136. The molecule has 0 aliphatic heterocycles. The third-order valence-electron chi connectivity index (χ3n) is 7.15. The Morgan fingerprint density at radius 1 is 1.06 bits per heavy atom. The highest BCUT2D eigenvalue weighted by Crippen LogP contribution is 2.44. The van der Waals surface area contributed by atoms with Gasteiger partial charge in [-0.2, -0.15) is 0 Å². The van der Waals surface area contributed by atoms with Crippen molar-refractivity contribution in [1.82, 2.24) is 10.6 Å². The summed E-state index contributed by atoms with van der Waals surface area (Å²) in [4.78, 5) is 37.3. The lowest BCUT2D eigenvalue weighted by atomic mass is 9.91. The van der Waals surface area contributed by atoms with Crippen molar-refractivity contribution in [2.75, 3.05) is 13.7 Å². The SMILES string of the molecule is COC(C)C(NC(=O)OCC1c2ccccc2-c2ccccc21)C(=O)NC(C)(CC(=O)O)C1CC1. The minimum atomic E-state index is -1.04. The average molecular weight is 481 g/mol. The van der Waals surface area contributed by atoms with E-state index in [1.165, 1.54) is 7.11 Å². The van der Waals surface area contributed by atoms with Gasteiger partial charge >= 0.3 is 12.1 Å². The maximum Gasteiger partial charge on any atom is 0.407 e. The number of hydrogen-bond donors (Lipinski definition) is 3. The molecule has 8 nitrogen and oxygen atoms in total. The fourth-order valence-corrected chi connectivity index (χ4v) is 4.98.